The molecule has 1 aromatic rings. The molecule has 0 radical (unpaired) electrons. The van der Waals surface area contributed by atoms with Crippen LogP contribution in [0.15, 0.2) is 6.07 Å². The number of pyridine rings is 1. The molecule has 114 valence electrons. The maximum Gasteiger partial charge on any atom is 0.306 e. The number of carbonyl (C=O) groups excluding carboxylic acids is 1. The number of carboxylic acid groups (broad SMARTS) is 1. The van der Waals surface area contributed by atoms with Crippen LogP contribution in [0.25, 0.3) is 0 Å². The summed E-state index contributed by atoms with van der Waals surface area (Å²) < 4.78 is 0. The highest BCUT2D eigenvalue weighted by molar-refractivity contribution is 5.99. The van der Waals surface area contributed by atoms with Gasteiger partial charge in [-0.15, -0.1) is 0 Å². The van der Waals surface area contributed by atoms with Crippen LogP contribution >= 0.6 is 0 Å². The van der Waals surface area contributed by atoms with Gasteiger partial charge in [0.05, 0.1) is 11.5 Å². The van der Waals surface area contributed by atoms with Crippen molar-refractivity contribution >= 4 is 17.7 Å². The minimum Gasteiger partial charge on any atom is -0.481 e. The topological polar surface area (TPSA) is 105 Å². The Morgan fingerprint density at radius 2 is 2.10 bits per heavy atom. The van der Waals surface area contributed by atoms with Crippen LogP contribution in [-0.2, 0) is 4.79 Å². The van der Waals surface area contributed by atoms with E-state index in [1.807, 2.05) is 19.9 Å². The number of hydrogen-bond donors (Lipinski definition) is 3. The Kier molecular flexibility index (Phi) is 4.45. The molecule has 6 nitrogen and oxygen atoms in total. The van der Waals surface area contributed by atoms with E-state index in [1.165, 1.54) is 0 Å². The number of primary amides is 1. The smallest absolute Gasteiger partial charge is 0.306 e. The first kappa shape index (κ1) is 15.3. The van der Waals surface area contributed by atoms with Crippen molar-refractivity contribution in [2.24, 2.45) is 11.7 Å². The lowest BCUT2D eigenvalue weighted by molar-refractivity contribution is -0.142. The molecule has 0 saturated heterocycles. The zero-order valence-corrected chi connectivity index (χ0v) is 12.3. The molecular weight excluding hydrogens is 270 g/mol. The summed E-state index contributed by atoms with van der Waals surface area (Å²) in [7, 11) is 0. The van der Waals surface area contributed by atoms with Crippen LogP contribution in [0.3, 0.4) is 0 Å². The van der Waals surface area contributed by atoms with Gasteiger partial charge in [0, 0.05) is 11.7 Å². The van der Waals surface area contributed by atoms with Gasteiger partial charge >= 0.3 is 5.97 Å². The highest BCUT2D eigenvalue weighted by Crippen LogP contribution is 2.28. The number of carbonyl (C=O) groups is 2. The summed E-state index contributed by atoms with van der Waals surface area (Å²) in [5.74, 6) is -1.15. The predicted octanol–water partition coefficient (Wildman–Crippen LogP) is 1.85. The van der Waals surface area contributed by atoms with E-state index in [1.54, 1.807) is 0 Å². The fraction of sp³-hybridized carbons (Fsp3) is 0.533. The molecule has 4 N–H and O–H groups in total. The van der Waals surface area contributed by atoms with Crippen molar-refractivity contribution < 1.29 is 14.7 Å². The molecule has 1 aliphatic rings. The van der Waals surface area contributed by atoms with Gasteiger partial charge in [-0.2, -0.15) is 0 Å². The fourth-order valence-electron chi connectivity index (χ4n) is 2.99. The van der Waals surface area contributed by atoms with Crippen LogP contribution in [0.4, 0.5) is 5.82 Å². The SMILES string of the molecule is Cc1cc(C)c(C(N)=O)c(NC2CCCC(C(=O)O)C2)n1. The molecule has 1 aliphatic carbocycles. The van der Waals surface area contributed by atoms with Crippen LogP contribution in [0.2, 0.25) is 0 Å². The van der Waals surface area contributed by atoms with Crippen molar-refractivity contribution in [2.75, 3.05) is 5.32 Å². The number of aromatic nitrogens is 1. The first-order valence-corrected chi connectivity index (χ1v) is 7.16. The quantitative estimate of drug-likeness (QED) is 0.785. The number of nitrogens with zero attached hydrogens (tertiary/aromatic N) is 1. The Balaban J connectivity index is 2.23. The Morgan fingerprint density at radius 1 is 1.38 bits per heavy atom. The summed E-state index contributed by atoms with van der Waals surface area (Å²) in [5.41, 5.74) is 7.40. The highest BCUT2D eigenvalue weighted by Gasteiger charge is 2.28. The Hall–Kier alpha value is -2.11. The van der Waals surface area contributed by atoms with E-state index in [0.29, 0.717) is 24.2 Å². The van der Waals surface area contributed by atoms with Crippen molar-refractivity contribution in [1.29, 1.82) is 0 Å². The van der Waals surface area contributed by atoms with Gasteiger partial charge in [0.2, 0.25) is 0 Å². The second-order valence-corrected chi connectivity index (χ2v) is 5.71. The third-order valence-corrected chi connectivity index (χ3v) is 3.96. The molecule has 0 aromatic carbocycles. The molecule has 6 heteroatoms. The van der Waals surface area contributed by atoms with E-state index in [0.717, 1.165) is 24.1 Å². The fourth-order valence-corrected chi connectivity index (χ4v) is 2.99. The average molecular weight is 291 g/mol. The molecular formula is C15H21N3O3. The van der Waals surface area contributed by atoms with Gasteiger partial charge < -0.3 is 16.2 Å². The van der Waals surface area contributed by atoms with Gasteiger partial charge in [0.15, 0.2) is 0 Å². The van der Waals surface area contributed by atoms with E-state index >= 15 is 0 Å². The average Bonchev–Trinajstić information content (AvgIpc) is 2.37. The molecule has 0 bridgehead atoms. The van der Waals surface area contributed by atoms with Gasteiger partial charge in [-0.05, 0) is 44.7 Å². The maximum atomic E-state index is 11.6. The normalized spacial score (nSPS) is 21.8. The number of rotatable bonds is 4. The summed E-state index contributed by atoms with van der Waals surface area (Å²) in [6.07, 6.45) is 2.97. The summed E-state index contributed by atoms with van der Waals surface area (Å²) in [6.45, 7) is 3.67. The van der Waals surface area contributed by atoms with E-state index < -0.39 is 11.9 Å². The molecule has 2 atom stereocenters. The number of hydrogen-bond acceptors (Lipinski definition) is 4. The Morgan fingerprint density at radius 3 is 2.71 bits per heavy atom. The monoisotopic (exact) mass is 291 g/mol. The van der Waals surface area contributed by atoms with Crippen molar-refractivity contribution in [3.63, 3.8) is 0 Å². The molecule has 0 spiro atoms. The van der Waals surface area contributed by atoms with Crippen molar-refractivity contribution in [3.05, 3.63) is 22.9 Å². The van der Waals surface area contributed by atoms with E-state index in [9.17, 15) is 9.59 Å². The molecule has 2 unspecified atom stereocenters. The summed E-state index contributed by atoms with van der Waals surface area (Å²) in [5, 5.41) is 12.4. The minimum absolute atomic E-state index is 0.00616. The zero-order valence-electron chi connectivity index (χ0n) is 12.3. The van der Waals surface area contributed by atoms with Gasteiger partial charge in [0.1, 0.15) is 5.82 Å². The van der Waals surface area contributed by atoms with Gasteiger partial charge in [0.25, 0.3) is 5.91 Å². The van der Waals surface area contributed by atoms with Crippen molar-refractivity contribution in [1.82, 2.24) is 4.98 Å². The zero-order chi connectivity index (χ0) is 15.6. The van der Waals surface area contributed by atoms with Crippen LogP contribution < -0.4 is 11.1 Å². The van der Waals surface area contributed by atoms with E-state index in [4.69, 9.17) is 10.8 Å². The molecule has 0 aliphatic heterocycles. The lowest BCUT2D eigenvalue weighted by Crippen LogP contribution is -2.32. The largest absolute Gasteiger partial charge is 0.481 e. The van der Waals surface area contributed by atoms with Crippen LogP contribution in [0, 0.1) is 19.8 Å². The molecule has 2 rings (SSSR count). The number of anilines is 1. The Bertz CT molecular complexity index is 572. The summed E-state index contributed by atoms with van der Waals surface area (Å²) in [4.78, 5) is 27.1. The van der Waals surface area contributed by atoms with E-state index in [2.05, 4.69) is 10.3 Å². The Labute approximate surface area is 123 Å². The second kappa shape index (κ2) is 6.11. The van der Waals surface area contributed by atoms with Gasteiger partial charge in [-0.25, -0.2) is 4.98 Å². The number of nitrogens with one attached hydrogen (secondary N) is 1. The number of aryl methyl sites for hydroxylation is 2. The molecule has 1 amide bonds. The summed E-state index contributed by atoms with van der Waals surface area (Å²) in [6, 6.07) is 1.82. The van der Waals surface area contributed by atoms with Crippen molar-refractivity contribution in [2.45, 2.75) is 45.6 Å². The standard InChI is InChI=1S/C15H21N3O3/c1-8-6-9(2)17-14(12(8)13(16)19)18-11-5-3-4-10(7-11)15(20)21/h6,10-11H,3-5,7H2,1-2H3,(H2,16,19)(H,17,18)(H,20,21). The van der Waals surface area contributed by atoms with Gasteiger partial charge in [-0.1, -0.05) is 6.42 Å². The second-order valence-electron chi connectivity index (χ2n) is 5.71. The van der Waals surface area contributed by atoms with E-state index in [-0.39, 0.29) is 12.0 Å². The number of carboxylic acids is 1. The first-order chi connectivity index (χ1) is 9.88. The number of aliphatic carboxylic acids is 1. The molecule has 1 fully saturated rings. The third-order valence-electron chi connectivity index (χ3n) is 3.96. The molecule has 1 heterocycles. The van der Waals surface area contributed by atoms with Crippen LogP contribution in [-0.4, -0.2) is 28.0 Å². The molecule has 21 heavy (non-hydrogen) atoms. The number of nitrogens with two attached hydrogens (primary N) is 1. The lowest BCUT2D eigenvalue weighted by atomic mass is 9.85. The lowest BCUT2D eigenvalue weighted by Gasteiger charge is -2.28. The minimum atomic E-state index is -0.759. The van der Waals surface area contributed by atoms with Crippen LogP contribution in [0.5, 0.6) is 0 Å². The van der Waals surface area contributed by atoms with Crippen LogP contribution in [0.1, 0.15) is 47.3 Å². The predicted molar refractivity (Wildman–Crippen MR) is 79.2 cm³/mol. The highest BCUT2D eigenvalue weighted by atomic mass is 16.4. The molecule has 1 aromatic heterocycles. The third kappa shape index (κ3) is 3.51. The molecule has 1 saturated carbocycles. The first-order valence-electron chi connectivity index (χ1n) is 7.16. The number of amides is 1. The maximum absolute atomic E-state index is 11.6. The van der Waals surface area contributed by atoms with Crippen molar-refractivity contribution in [3.8, 4) is 0 Å². The summed E-state index contributed by atoms with van der Waals surface area (Å²) >= 11 is 0. The van der Waals surface area contributed by atoms with Gasteiger partial charge in [-0.3, -0.25) is 9.59 Å².